The van der Waals surface area contributed by atoms with Gasteiger partial charge in [-0.2, -0.15) is 29.8 Å². The van der Waals surface area contributed by atoms with Gasteiger partial charge in [0.25, 0.3) is 0 Å². The fraction of sp³-hybridized carbons (Fsp3) is 0.575. The van der Waals surface area contributed by atoms with Crippen LogP contribution in [0.25, 0.3) is 11.1 Å². The van der Waals surface area contributed by atoms with Crippen molar-refractivity contribution in [2.45, 2.75) is 121 Å². The molecule has 0 amide bonds. The molecule has 8 aliphatic rings. The Hall–Kier alpha value is -0.916. The maximum Gasteiger partial charge on any atom is -0.0162 e. The second-order valence-corrected chi connectivity index (χ2v) is 15.2. The fourth-order valence-electron chi connectivity index (χ4n) is 9.54. The smallest absolute Gasteiger partial charge is 0.0162 e. The third-order valence-electron chi connectivity index (χ3n) is 11.6. The van der Waals surface area contributed by atoms with Gasteiger partial charge in [-0.15, -0.1) is 17.5 Å². The number of halogens is 2. The van der Waals surface area contributed by atoms with E-state index in [1.54, 1.807) is 43.2 Å². The van der Waals surface area contributed by atoms with E-state index in [1.807, 2.05) is 16.0 Å². The van der Waals surface area contributed by atoms with Crippen LogP contribution < -0.4 is 24.8 Å². The number of hydrogen-bond donors (Lipinski definition) is 0. The van der Waals surface area contributed by atoms with Crippen LogP contribution in [0.4, 0.5) is 0 Å². The summed E-state index contributed by atoms with van der Waals surface area (Å²) < 4.78 is 1.87. The van der Waals surface area contributed by atoms with Crippen molar-refractivity contribution >= 4 is 3.81 Å². The van der Waals surface area contributed by atoms with Crippen LogP contribution in [-0.2, 0) is 26.4 Å². The Morgan fingerprint density at radius 2 is 1.28 bits per heavy atom. The number of hydrogen-bond acceptors (Lipinski definition) is 0. The molecule has 0 aromatic heterocycles. The molecule has 0 heterocycles. The van der Waals surface area contributed by atoms with Gasteiger partial charge in [0.1, 0.15) is 0 Å². The molecule has 0 radical (unpaired) electrons. The third-order valence-corrected chi connectivity index (χ3v) is 12.8. The van der Waals surface area contributed by atoms with Crippen LogP contribution in [-0.4, -0.2) is 3.81 Å². The van der Waals surface area contributed by atoms with Crippen molar-refractivity contribution in [2.24, 2.45) is 23.7 Å². The molecule has 3 heteroatoms. The zero-order chi connectivity index (χ0) is 27.6. The van der Waals surface area contributed by atoms with Gasteiger partial charge in [-0.05, 0) is 55.1 Å². The van der Waals surface area contributed by atoms with Crippen molar-refractivity contribution in [1.82, 2.24) is 0 Å². The molecule has 8 aliphatic carbocycles. The zero-order valence-corrected chi connectivity index (χ0v) is 28.9. The van der Waals surface area contributed by atoms with Gasteiger partial charge in [0, 0.05) is 0 Å². The molecule has 0 aliphatic heterocycles. The molecule has 43 heavy (non-hydrogen) atoms. The molecule has 6 saturated carbocycles. The Morgan fingerprint density at radius 1 is 0.651 bits per heavy atom. The third kappa shape index (κ3) is 7.73. The first-order valence-electron chi connectivity index (χ1n) is 17.2. The first-order chi connectivity index (χ1) is 20.2. The van der Waals surface area contributed by atoms with Gasteiger partial charge in [-0.1, -0.05) is 62.3 Å². The Kier molecular flexibility index (Phi) is 12.1. The first-order valence-corrected chi connectivity index (χ1v) is 18.0. The molecule has 228 valence electrons. The van der Waals surface area contributed by atoms with Crippen molar-refractivity contribution in [3.63, 3.8) is 0 Å². The molecular weight excluding hydrogens is 599 g/mol. The summed E-state index contributed by atoms with van der Waals surface area (Å²) in [6, 6.07) is 16.0. The van der Waals surface area contributed by atoms with E-state index in [2.05, 4.69) is 68.5 Å². The van der Waals surface area contributed by atoms with E-state index >= 15 is 0 Å². The second-order valence-electron chi connectivity index (χ2n) is 14.3. The monoisotopic (exact) mass is 646 g/mol. The minimum atomic E-state index is 0. The molecule has 2 aromatic carbocycles. The van der Waals surface area contributed by atoms with E-state index in [0.717, 1.165) is 48.3 Å². The number of fused-ring (bicyclic) bond motifs is 3. The molecule has 6 fully saturated rings. The zero-order valence-electron chi connectivity index (χ0n) is 25.9. The Labute approximate surface area is 285 Å². The van der Waals surface area contributed by atoms with E-state index in [9.17, 15) is 0 Å². The van der Waals surface area contributed by atoms with Gasteiger partial charge >= 0.3 is 79.6 Å². The van der Waals surface area contributed by atoms with Gasteiger partial charge in [-0.3, -0.25) is 6.08 Å². The van der Waals surface area contributed by atoms with E-state index < -0.39 is 0 Å². The molecule has 4 bridgehead atoms. The van der Waals surface area contributed by atoms with Gasteiger partial charge in [-0.25, -0.2) is 12.2 Å². The van der Waals surface area contributed by atoms with E-state index in [4.69, 9.17) is 0 Å². The molecule has 0 spiro atoms. The summed E-state index contributed by atoms with van der Waals surface area (Å²) in [5, 5.41) is 0. The summed E-state index contributed by atoms with van der Waals surface area (Å²) >= 11 is 2.42. The van der Waals surface area contributed by atoms with Crippen LogP contribution in [0.15, 0.2) is 48.6 Å². The number of benzene rings is 2. The Bertz CT molecular complexity index is 1190. The van der Waals surface area contributed by atoms with Crippen LogP contribution in [0.2, 0.25) is 0 Å². The normalized spacial score (nSPS) is 28.1. The van der Waals surface area contributed by atoms with Crippen LogP contribution in [0, 0.1) is 35.8 Å². The first kappa shape index (κ1) is 33.4. The average molecular weight is 648 g/mol. The molecule has 0 saturated heterocycles. The van der Waals surface area contributed by atoms with Crippen molar-refractivity contribution in [3.05, 3.63) is 83.0 Å². The molecule has 0 nitrogen and oxygen atoms in total. The predicted octanol–water partition coefficient (Wildman–Crippen LogP) is 4.63. The van der Waals surface area contributed by atoms with Gasteiger partial charge in [0.05, 0.1) is 0 Å². The van der Waals surface area contributed by atoms with E-state index in [1.165, 1.54) is 86.5 Å². The second kappa shape index (κ2) is 15.6. The molecule has 0 atom stereocenters. The molecule has 10 rings (SSSR count). The SMILES string of the molecule is [C-]1=CC=CC1.[Cl-].[Cl-].[Ti+2]=[C]1C2CC3CC(C2)CC1C3.[c-]1c(C2CCCCC2)ccc2c1Cc1cc(C3CCCCC3)ccc1-2. The predicted molar refractivity (Wildman–Crippen MR) is 169 cm³/mol. The Morgan fingerprint density at radius 3 is 1.86 bits per heavy atom. The van der Waals surface area contributed by atoms with Crippen LogP contribution in [0.3, 0.4) is 0 Å². The van der Waals surface area contributed by atoms with E-state index in [0.29, 0.717) is 0 Å². The van der Waals surface area contributed by atoms with Crippen LogP contribution in [0.5, 0.6) is 0 Å². The molecular formula is C40H48Cl2Ti-2. The van der Waals surface area contributed by atoms with Crippen molar-refractivity contribution in [2.75, 3.05) is 0 Å². The molecule has 0 N–H and O–H groups in total. The molecule has 2 aromatic rings. The summed E-state index contributed by atoms with van der Waals surface area (Å²) in [4.78, 5) is 0. The average Bonchev–Trinajstić information content (AvgIpc) is 3.72. The Balaban J connectivity index is 0.000000168. The van der Waals surface area contributed by atoms with Gasteiger partial charge in [0.2, 0.25) is 0 Å². The van der Waals surface area contributed by atoms with Crippen LogP contribution >= 0.6 is 0 Å². The quantitative estimate of drug-likeness (QED) is 0.282. The summed E-state index contributed by atoms with van der Waals surface area (Å²) in [5.41, 5.74) is 9.01. The van der Waals surface area contributed by atoms with Crippen molar-refractivity contribution in [1.29, 1.82) is 0 Å². The largest absolute Gasteiger partial charge is 0.176 e. The summed E-state index contributed by atoms with van der Waals surface area (Å²) in [5.74, 6) is 5.98. The molecule has 0 unspecified atom stereocenters. The van der Waals surface area contributed by atoms with Gasteiger partial charge < -0.3 is 24.8 Å². The number of allylic oxidation sites excluding steroid dienone is 4. The summed E-state index contributed by atoms with van der Waals surface area (Å²) in [6.45, 7) is 0. The minimum Gasteiger partial charge on any atom is -0.176 e. The van der Waals surface area contributed by atoms with Crippen molar-refractivity contribution in [3.8, 4) is 11.1 Å². The number of rotatable bonds is 2. The maximum absolute atomic E-state index is 3.84. The topological polar surface area (TPSA) is 0 Å². The fourth-order valence-corrected chi connectivity index (χ4v) is 10.3. The summed E-state index contributed by atoms with van der Waals surface area (Å²) in [6.07, 6.45) is 32.9. The van der Waals surface area contributed by atoms with E-state index in [-0.39, 0.29) is 24.8 Å². The minimum absolute atomic E-state index is 0. The van der Waals surface area contributed by atoms with Crippen molar-refractivity contribution < 1.29 is 44.8 Å². The maximum atomic E-state index is 3.84. The van der Waals surface area contributed by atoms with Crippen LogP contribution in [0.1, 0.15) is 137 Å². The van der Waals surface area contributed by atoms with Gasteiger partial charge in [0.15, 0.2) is 0 Å². The summed E-state index contributed by atoms with van der Waals surface area (Å²) in [7, 11) is 0. The standard InChI is InChI=1S/C25H29.C10H14.C5H5.2ClH.Ti/c1-3-7-18(8-4-1)20-11-13-24-22(15-20)17-23-16-21(12-14-25(23)24)19-9-5-2-6-10-19;1-7-2-9-4-8(1)5-10(3-7)6-9;1-2-4-5-3-1;;;/h11-15,18-19H,1-10,17H2;7-10H,1-5H2;1-3H,4H2;2*1H;/q-1;;-1;;;+2/p-2.